The summed E-state index contributed by atoms with van der Waals surface area (Å²) >= 11 is 0. The predicted molar refractivity (Wildman–Crippen MR) is 91.6 cm³/mol. The van der Waals surface area contributed by atoms with Gasteiger partial charge in [-0.3, -0.25) is 0 Å². The molecule has 0 saturated carbocycles. The summed E-state index contributed by atoms with van der Waals surface area (Å²) < 4.78 is 5.80. The summed E-state index contributed by atoms with van der Waals surface area (Å²) in [5, 5.41) is 3.66. The standard InChI is InChI=1S/C19H31NO/c1-4-6-7-8-12-15-18(20-16-5-2)19(21-3)17-13-10-9-11-14-17/h4,9-11,13-14,18-20H,1,5-8,12,15-16H2,2-3H3. The van der Waals surface area contributed by atoms with E-state index in [-0.39, 0.29) is 6.10 Å². The molecule has 2 nitrogen and oxygen atoms in total. The number of hydrogen-bond acceptors (Lipinski definition) is 2. The second kappa shape index (κ2) is 11.5. The first-order valence-corrected chi connectivity index (χ1v) is 8.25. The van der Waals surface area contributed by atoms with Crippen LogP contribution in [-0.4, -0.2) is 19.7 Å². The topological polar surface area (TPSA) is 21.3 Å². The molecular formula is C19H31NO. The fourth-order valence-corrected chi connectivity index (χ4v) is 2.70. The van der Waals surface area contributed by atoms with Gasteiger partial charge in [0.25, 0.3) is 0 Å². The number of unbranched alkanes of at least 4 members (excludes halogenated alkanes) is 3. The van der Waals surface area contributed by atoms with Crippen LogP contribution in [0.1, 0.15) is 57.1 Å². The molecule has 2 atom stereocenters. The van der Waals surface area contributed by atoms with Gasteiger partial charge in [0, 0.05) is 13.2 Å². The maximum absolute atomic E-state index is 5.80. The van der Waals surface area contributed by atoms with Crippen molar-refractivity contribution in [1.29, 1.82) is 0 Å². The highest BCUT2D eigenvalue weighted by atomic mass is 16.5. The van der Waals surface area contributed by atoms with Crippen LogP contribution in [0, 0.1) is 0 Å². The monoisotopic (exact) mass is 289 g/mol. The van der Waals surface area contributed by atoms with Gasteiger partial charge < -0.3 is 10.1 Å². The van der Waals surface area contributed by atoms with E-state index in [1.165, 1.54) is 24.8 Å². The first-order chi connectivity index (χ1) is 10.3. The Morgan fingerprint density at radius 2 is 1.95 bits per heavy atom. The van der Waals surface area contributed by atoms with Gasteiger partial charge in [0.15, 0.2) is 0 Å². The molecule has 0 heterocycles. The van der Waals surface area contributed by atoms with E-state index in [0.717, 1.165) is 25.8 Å². The van der Waals surface area contributed by atoms with Crippen molar-refractivity contribution >= 4 is 0 Å². The number of allylic oxidation sites excluding steroid dienone is 1. The molecule has 1 N–H and O–H groups in total. The Balaban J connectivity index is 2.58. The lowest BCUT2D eigenvalue weighted by Crippen LogP contribution is -2.36. The normalized spacial score (nSPS) is 13.8. The van der Waals surface area contributed by atoms with E-state index in [4.69, 9.17) is 4.74 Å². The third-order valence-electron chi connectivity index (χ3n) is 3.83. The molecule has 1 rings (SSSR count). The van der Waals surface area contributed by atoms with Gasteiger partial charge in [0.1, 0.15) is 0 Å². The molecule has 2 unspecified atom stereocenters. The average molecular weight is 289 g/mol. The highest BCUT2D eigenvalue weighted by molar-refractivity contribution is 5.19. The van der Waals surface area contributed by atoms with Crippen LogP contribution in [-0.2, 0) is 4.74 Å². The Kier molecular flexibility index (Phi) is 9.84. The van der Waals surface area contributed by atoms with Gasteiger partial charge in [-0.1, -0.05) is 56.2 Å². The minimum Gasteiger partial charge on any atom is -0.375 e. The molecule has 0 fully saturated rings. The number of ether oxygens (including phenoxy) is 1. The second-order valence-corrected chi connectivity index (χ2v) is 5.55. The molecule has 0 aromatic heterocycles. The van der Waals surface area contributed by atoms with Gasteiger partial charge in [0.05, 0.1) is 6.10 Å². The van der Waals surface area contributed by atoms with Gasteiger partial charge >= 0.3 is 0 Å². The Labute approximate surface area is 130 Å². The maximum atomic E-state index is 5.80. The zero-order valence-electron chi connectivity index (χ0n) is 13.7. The molecule has 118 valence electrons. The van der Waals surface area contributed by atoms with Crippen LogP contribution < -0.4 is 5.32 Å². The minimum atomic E-state index is 0.136. The number of hydrogen-bond donors (Lipinski definition) is 1. The van der Waals surface area contributed by atoms with Crippen LogP contribution in [0.2, 0.25) is 0 Å². The Morgan fingerprint density at radius 3 is 2.57 bits per heavy atom. The van der Waals surface area contributed by atoms with Crippen LogP contribution in [0.3, 0.4) is 0 Å². The van der Waals surface area contributed by atoms with Crippen LogP contribution in [0.5, 0.6) is 0 Å². The molecule has 1 aromatic rings. The third kappa shape index (κ3) is 6.92. The number of benzene rings is 1. The summed E-state index contributed by atoms with van der Waals surface area (Å²) in [4.78, 5) is 0. The van der Waals surface area contributed by atoms with E-state index in [1.54, 1.807) is 0 Å². The van der Waals surface area contributed by atoms with Crippen molar-refractivity contribution in [1.82, 2.24) is 5.32 Å². The lowest BCUT2D eigenvalue weighted by Gasteiger charge is -2.27. The van der Waals surface area contributed by atoms with Gasteiger partial charge in [-0.25, -0.2) is 0 Å². The van der Waals surface area contributed by atoms with Crippen LogP contribution in [0.4, 0.5) is 0 Å². The molecule has 21 heavy (non-hydrogen) atoms. The van der Waals surface area contributed by atoms with Crippen LogP contribution >= 0.6 is 0 Å². The summed E-state index contributed by atoms with van der Waals surface area (Å²) in [5.74, 6) is 0. The summed E-state index contributed by atoms with van der Waals surface area (Å²) in [7, 11) is 1.82. The van der Waals surface area contributed by atoms with Crippen molar-refractivity contribution in [2.75, 3.05) is 13.7 Å². The SMILES string of the molecule is C=CCCCCCC(NCCC)C(OC)c1ccccc1. The average Bonchev–Trinajstić information content (AvgIpc) is 2.53. The smallest absolute Gasteiger partial charge is 0.0973 e. The lowest BCUT2D eigenvalue weighted by molar-refractivity contribution is 0.0640. The van der Waals surface area contributed by atoms with Crippen molar-refractivity contribution in [2.45, 2.75) is 57.6 Å². The number of methoxy groups -OCH3 is 1. The predicted octanol–water partition coefficient (Wildman–Crippen LogP) is 4.88. The zero-order valence-corrected chi connectivity index (χ0v) is 13.7. The first kappa shape index (κ1) is 17.9. The lowest BCUT2D eigenvalue weighted by atomic mass is 9.96. The van der Waals surface area contributed by atoms with Crippen LogP contribution in [0.15, 0.2) is 43.0 Å². The van der Waals surface area contributed by atoms with Crippen molar-refractivity contribution in [3.8, 4) is 0 Å². The molecule has 0 amide bonds. The van der Waals surface area contributed by atoms with E-state index >= 15 is 0 Å². The van der Waals surface area contributed by atoms with Gasteiger partial charge in [-0.05, 0) is 37.8 Å². The third-order valence-corrected chi connectivity index (χ3v) is 3.83. The highest BCUT2D eigenvalue weighted by Crippen LogP contribution is 2.24. The van der Waals surface area contributed by atoms with Gasteiger partial charge in [0.2, 0.25) is 0 Å². The van der Waals surface area contributed by atoms with Crippen molar-refractivity contribution < 1.29 is 4.74 Å². The Bertz CT molecular complexity index is 363. The summed E-state index contributed by atoms with van der Waals surface area (Å²) in [6.45, 7) is 7.04. The molecule has 0 aliphatic carbocycles. The summed E-state index contributed by atoms with van der Waals surface area (Å²) in [6, 6.07) is 10.9. The van der Waals surface area contributed by atoms with E-state index in [9.17, 15) is 0 Å². The quantitative estimate of drug-likeness (QED) is 0.437. The summed E-state index contributed by atoms with van der Waals surface area (Å²) in [5.41, 5.74) is 1.26. The zero-order chi connectivity index (χ0) is 15.3. The van der Waals surface area contributed by atoms with Gasteiger partial charge in [-0.15, -0.1) is 6.58 Å². The van der Waals surface area contributed by atoms with E-state index in [0.29, 0.717) is 6.04 Å². The van der Waals surface area contributed by atoms with E-state index in [2.05, 4.69) is 49.2 Å². The largest absolute Gasteiger partial charge is 0.375 e. The van der Waals surface area contributed by atoms with Crippen molar-refractivity contribution in [2.24, 2.45) is 0 Å². The molecular weight excluding hydrogens is 258 g/mol. The molecule has 0 saturated heterocycles. The molecule has 0 bridgehead atoms. The molecule has 0 spiro atoms. The second-order valence-electron chi connectivity index (χ2n) is 5.55. The summed E-state index contributed by atoms with van der Waals surface area (Å²) in [6.07, 6.45) is 9.32. The Hall–Kier alpha value is -1.12. The maximum Gasteiger partial charge on any atom is 0.0973 e. The highest BCUT2D eigenvalue weighted by Gasteiger charge is 2.21. The van der Waals surface area contributed by atoms with E-state index in [1.807, 2.05) is 13.2 Å². The fourth-order valence-electron chi connectivity index (χ4n) is 2.70. The molecule has 0 radical (unpaired) electrons. The Morgan fingerprint density at radius 1 is 1.19 bits per heavy atom. The molecule has 0 aliphatic rings. The van der Waals surface area contributed by atoms with Crippen LogP contribution in [0.25, 0.3) is 0 Å². The van der Waals surface area contributed by atoms with E-state index < -0.39 is 0 Å². The van der Waals surface area contributed by atoms with Crippen molar-refractivity contribution in [3.63, 3.8) is 0 Å². The number of rotatable bonds is 12. The molecule has 1 aromatic carbocycles. The number of nitrogens with one attached hydrogen (secondary N) is 1. The minimum absolute atomic E-state index is 0.136. The molecule has 0 aliphatic heterocycles. The first-order valence-electron chi connectivity index (χ1n) is 8.25. The van der Waals surface area contributed by atoms with Crippen molar-refractivity contribution in [3.05, 3.63) is 48.6 Å². The van der Waals surface area contributed by atoms with Gasteiger partial charge in [-0.2, -0.15) is 0 Å². The fraction of sp³-hybridized carbons (Fsp3) is 0.579. The molecule has 2 heteroatoms.